The quantitative estimate of drug-likeness (QED) is 0.807. The predicted molar refractivity (Wildman–Crippen MR) is 66.0 cm³/mol. The number of ether oxygens (including phenoxy) is 3. The van der Waals surface area contributed by atoms with Gasteiger partial charge in [0.05, 0.1) is 12.7 Å². The maximum Gasteiger partial charge on any atom is 0.251 e. The molecule has 5 nitrogen and oxygen atoms in total. The highest BCUT2D eigenvalue weighted by molar-refractivity contribution is 5.94. The van der Waals surface area contributed by atoms with Crippen molar-refractivity contribution in [2.75, 3.05) is 19.9 Å². The van der Waals surface area contributed by atoms with Crippen molar-refractivity contribution >= 4 is 5.91 Å². The summed E-state index contributed by atoms with van der Waals surface area (Å²) in [6.07, 6.45) is 0.174. The molecule has 1 aliphatic heterocycles. The van der Waals surface area contributed by atoms with Gasteiger partial charge in [0.2, 0.25) is 6.79 Å². The number of carbonyl (C=O) groups is 1. The average Bonchev–Trinajstić information content (AvgIpc) is 2.81. The third-order valence-electron chi connectivity index (χ3n) is 2.47. The van der Waals surface area contributed by atoms with Crippen molar-refractivity contribution in [3.63, 3.8) is 0 Å². The maximum atomic E-state index is 11.8. The molecule has 1 aromatic carbocycles. The summed E-state index contributed by atoms with van der Waals surface area (Å²) in [6, 6.07) is 5.13. The van der Waals surface area contributed by atoms with Gasteiger partial charge in [-0.3, -0.25) is 4.79 Å². The predicted octanol–water partition coefficient (Wildman–Crippen LogP) is 1.57. The molecule has 0 saturated carbocycles. The number of rotatable bonds is 5. The number of carbonyl (C=O) groups excluding carboxylic acids is 1. The summed E-state index contributed by atoms with van der Waals surface area (Å²) >= 11 is 0. The Morgan fingerprint density at radius 3 is 2.94 bits per heavy atom. The topological polar surface area (TPSA) is 56.8 Å². The van der Waals surface area contributed by atoms with Gasteiger partial charge >= 0.3 is 0 Å². The third-order valence-corrected chi connectivity index (χ3v) is 2.47. The van der Waals surface area contributed by atoms with Crippen LogP contribution in [0.4, 0.5) is 0 Å². The highest BCUT2D eigenvalue weighted by Crippen LogP contribution is 2.32. The zero-order valence-corrected chi connectivity index (χ0v) is 10.6. The molecule has 5 heteroatoms. The van der Waals surface area contributed by atoms with Gasteiger partial charge in [-0.2, -0.15) is 0 Å². The SMILES string of the molecule is CC(C)OCCNC(=O)c1ccc2c(c1)OCO2. The molecule has 0 aromatic heterocycles. The number of fused-ring (bicyclic) bond motifs is 1. The van der Waals surface area contributed by atoms with Crippen LogP contribution in [0.15, 0.2) is 18.2 Å². The van der Waals surface area contributed by atoms with E-state index in [9.17, 15) is 4.79 Å². The Labute approximate surface area is 106 Å². The van der Waals surface area contributed by atoms with Gasteiger partial charge in [0.15, 0.2) is 11.5 Å². The summed E-state index contributed by atoms with van der Waals surface area (Å²) in [7, 11) is 0. The monoisotopic (exact) mass is 251 g/mol. The lowest BCUT2D eigenvalue weighted by Crippen LogP contribution is -2.28. The second-order valence-corrected chi connectivity index (χ2v) is 4.24. The zero-order chi connectivity index (χ0) is 13.0. The fourth-order valence-corrected chi connectivity index (χ4v) is 1.60. The van der Waals surface area contributed by atoms with Crippen LogP contribution in [0.25, 0.3) is 0 Å². The van der Waals surface area contributed by atoms with E-state index in [2.05, 4.69) is 5.32 Å². The lowest BCUT2D eigenvalue weighted by atomic mass is 10.2. The number of nitrogens with one attached hydrogen (secondary N) is 1. The molecule has 2 rings (SSSR count). The van der Waals surface area contributed by atoms with Crippen LogP contribution in [-0.2, 0) is 4.74 Å². The second-order valence-electron chi connectivity index (χ2n) is 4.24. The number of benzene rings is 1. The zero-order valence-electron chi connectivity index (χ0n) is 10.6. The molecule has 18 heavy (non-hydrogen) atoms. The highest BCUT2D eigenvalue weighted by Gasteiger charge is 2.15. The van der Waals surface area contributed by atoms with Crippen LogP contribution in [0.2, 0.25) is 0 Å². The van der Waals surface area contributed by atoms with Crippen molar-refractivity contribution in [3.8, 4) is 11.5 Å². The van der Waals surface area contributed by atoms with E-state index in [0.29, 0.717) is 30.2 Å². The largest absolute Gasteiger partial charge is 0.454 e. The first-order valence-corrected chi connectivity index (χ1v) is 5.96. The van der Waals surface area contributed by atoms with E-state index in [-0.39, 0.29) is 18.8 Å². The second kappa shape index (κ2) is 5.73. The lowest BCUT2D eigenvalue weighted by Gasteiger charge is -2.08. The van der Waals surface area contributed by atoms with Gasteiger partial charge in [-0.05, 0) is 32.0 Å². The summed E-state index contributed by atoms with van der Waals surface area (Å²) in [5.74, 6) is 1.15. The smallest absolute Gasteiger partial charge is 0.251 e. The maximum absolute atomic E-state index is 11.8. The molecule has 0 aliphatic carbocycles. The fourth-order valence-electron chi connectivity index (χ4n) is 1.60. The van der Waals surface area contributed by atoms with Gasteiger partial charge in [0.1, 0.15) is 0 Å². The molecule has 0 spiro atoms. The minimum atomic E-state index is -0.138. The first kappa shape index (κ1) is 12.7. The Bertz CT molecular complexity index is 431. The molecule has 0 saturated heterocycles. The van der Waals surface area contributed by atoms with Crippen molar-refractivity contribution in [2.45, 2.75) is 20.0 Å². The van der Waals surface area contributed by atoms with Crippen LogP contribution in [0.1, 0.15) is 24.2 Å². The van der Waals surface area contributed by atoms with E-state index in [4.69, 9.17) is 14.2 Å². The third kappa shape index (κ3) is 3.13. The Hall–Kier alpha value is -1.75. The van der Waals surface area contributed by atoms with E-state index in [0.717, 1.165) is 0 Å². The molecular weight excluding hydrogens is 234 g/mol. The summed E-state index contributed by atoms with van der Waals surface area (Å²) in [6.45, 7) is 5.13. The van der Waals surface area contributed by atoms with Crippen LogP contribution >= 0.6 is 0 Å². The minimum absolute atomic E-state index is 0.138. The number of hydrogen-bond donors (Lipinski definition) is 1. The Balaban J connectivity index is 1.85. The molecule has 0 fully saturated rings. The van der Waals surface area contributed by atoms with Crippen molar-refractivity contribution in [1.29, 1.82) is 0 Å². The Kier molecular flexibility index (Phi) is 4.04. The van der Waals surface area contributed by atoms with Crippen molar-refractivity contribution in [1.82, 2.24) is 5.32 Å². The molecule has 0 atom stereocenters. The van der Waals surface area contributed by atoms with E-state index in [1.165, 1.54) is 0 Å². The molecule has 1 heterocycles. The molecule has 0 unspecified atom stereocenters. The van der Waals surface area contributed by atoms with Gasteiger partial charge in [-0.25, -0.2) is 0 Å². The first-order valence-electron chi connectivity index (χ1n) is 5.96. The van der Waals surface area contributed by atoms with Gasteiger partial charge in [-0.1, -0.05) is 0 Å². The Morgan fingerprint density at radius 1 is 1.39 bits per heavy atom. The van der Waals surface area contributed by atoms with Crippen molar-refractivity contribution < 1.29 is 19.0 Å². The standard InChI is InChI=1S/C13H17NO4/c1-9(2)16-6-5-14-13(15)10-3-4-11-12(7-10)18-8-17-11/h3-4,7,9H,5-6,8H2,1-2H3,(H,14,15). The molecule has 1 aromatic rings. The van der Waals surface area contributed by atoms with Crippen molar-refractivity contribution in [3.05, 3.63) is 23.8 Å². The molecule has 0 bridgehead atoms. The summed E-state index contributed by atoms with van der Waals surface area (Å²) in [5.41, 5.74) is 0.559. The van der Waals surface area contributed by atoms with Crippen LogP contribution < -0.4 is 14.8 Å². The summed E-state index contributed by atoms with van der Waals surface area (Å²) in [5, 5.41) is 2.79. The van der Waals surface area contributed by atoms with Gasteiger partial charge in [0, 0.05) is 12.1 Å². The van der Waals surface area contributed by atoms with E-state index in [1.54, 1.807) is 18.2 Å². The molecular formula is C13H17NO4. The molecule has 1 N–H and O–H groups in total. The lowest BCUT2D eigenvalue weighted by molar-refractivity contribution is 0.0746. The first-order chi connectivity index (χ1) is 8.66. The van der Waals surface area contributed by atoms with Gasteiger partial charge < -0.3 is 19.5 Å². The fraction of sp³-hybridized carbons (Fsp3) is 0.462. The van der Waals surface area contributed by atoms with E-state index < -0.39 is 0 Å². The van der Waals surface area contributed by atoms with Crippen molar-refractivity contribution in [2.24, 2.45) is 0 Å². The van der Waals surface area contributed by atoms with E-state index in [1.807, 2.05) is 13.8 Å². The highest BCUT2D eigenvalue weighted by atomic mass is 16.7. The summed E-state index contributed by atoms with van der Waals surface area (Å²) < 4.78 is 15.7. The molecule has 1 amide bonds. The normalized spacial score (nSPS) is 12.8. The number of hydrogen-bond acceptors (Lipinski definition) is 4. The van der Waals surface area contributed by atoms with Crippen LogP contribution in [-0.4, -0.2) is 32.0 Å². The van der Waals surface area contributed by atoms with Gasteiger partial charge in [-0.15, -0.1) is 0 Å². The number of amides is 1. The van der Waals surface area contributed by atoms with Crippen LogP contribution in [0.3, 0.4) is 0 Å². The minimum Gasteiger partial charge on any atom is -0.454 e. The van der Waals surface area contributed by atoms with E-state index >= 15 is 0 Å². The van der Waals surface area contributed by atoms with Gasteiger partial charge in [0.25, 0.3) is 5.91 Å². The molecule has 1 aliphatic rings. The van der Waals surface area contributed by atoms with Crippen LogP contribution in [0, 0.1) is 0 Å². The van der Waals surface area contributed by atoms with Crippen LogP contribution in [0.5, 0.6) is 11.5 Å². The summed E-state index contributed by atoms with van der Waals surface area (Å²) in [4.78, 5) is 11.8. The Morgan fingerprint density at radius 2 is 2.17 bits per heavy atom. The average molecular weight is 251 g/mol. The molecule has 0 radical (unpaired) electrons. The molecule has 98 valence electrons.